The van der Waals surface area contributed by atoms with Gasteiger partial charge in [0.15, 0.2) is 0 Å². The first-order chi connectivity index (χ1) is 10.2. The molecule has 6 nitrogen and oxygen atoms in total. The van der Waals surface area contributed by atoms with Crippen molar-refractivity contribution in [3.05, 3.63) is 40.2 Å². The molecule has 0 saturated carbocycles. The second kappa shape index (κ2) is 7.61. The third-order valence-electron chi connectivity index (χ3n) is 3.02. The van der Waals surface area contributed by atoms with E-state index in [-0.39, 0.29) is 5.63 Å². The molecule has 0 aliphatic heterocycles. The maximum Gasteiger partial charge on any atom is 0.336 e. The molecule has 0 saturated heterocycles. The van der Waals surface area contributed by atoms with E-state index in [1.165, 1.54) is 6.07 Å². The molecule has 120 valence electrons. The van der Waals surface area contributed by atoms with Gasteiger partial charge < -0.3 is 21.0 Å². The van der Waals surface area contributed by atoms with Gasteiger partial charge in [-0.3, -0.25) is 4.79 Å². The lowest BCUT2D eigenvalue weighted by Gasteiger charge is -2.07. The largest absolute Gasteiger partial charge is 0.480 e. The smallest absolute Gasteiger partial charge is 0.336 e. The number of fused-ring (bicyclic) bond motifs is 1. The van der Waals surface area contributed by atoms with E-state index in [0.717, 1.165) is 10.9 Å². The molecule has 1 aromatic heterocycles. The number of carboxylic acid groups (broad SMARTS) is 1. The van der Waals surface area contributed by atoms with Gasteiger partial charge in [0.05, 0.1) is 0 Å². The van der Waals surface area contributed by atoms with E-state index < -0.39 is 12.0 Å². The maximum absolute atomic E-state index is 11.0. The summed E-state index contributed by atoms with van der Waals surface area (Å²) in [6.07, 6.45) is 0.551. The summed E-state index contributed by atoms with van der Waals surface area (Å²) in [5, 5.41) is 9.23. The minimum Gasteiger partial charge on any atom is -0.480 e. The summed E-state index contributed by atoms with van der Waals surface area (Å²) in [5.41, 5.74) is 12.5. The van der Waals surface area contributed by atoms with Gasteiger partial charge in [0.2, 0.25) is 0 Å². The van der Waals surface area contributed by atoms with Crippen molar-refractivity contribution >= 4 is 22.6 Å². The Labute approximate surface area is 128 Å². The zero-order chi connectivity index (χ0) is 16.9. The number of aliphatic carboxylic acids is 1. The molecule has 0 bridgehead atoms. The quantitative estimate of drug-likeness (QED) is 0.590. The summed E-state index contributed by atoms with van der Waals surface area (Å²) in [5.74, 6) is -0.556. The number of benzene rings is 1. The monoisotopic (exact) mass is 306 g/mol. The number of nitrogen functional groups attached to an aromatic ring is 1. The molecule has 0 radical (unpaired) electrons. The van der Waals surface area contributed by atoms with Crippen LogP contribution >= 0.6 is 0 Å². The van der Waals surface area contributed by atoms with Gasteiger partial charge in [-0.2, -0.15) is 0 Å². The molecule has 1 heterocycles. The van der Waals surface area contributed by atoms with Crippen LogP contribution in [0.25, 0.3) is 11.0 Å². The maximum atomic E-state index is 11.0. The van der Waals surface area contributed by atoms with Crippen LogP contribution in [0, 0.1) is 12.8 Å². The molecule has 2 aromatic rings. The third kappa shape index (κ3) is 5.21. The summed E-state index contributed by atoms with van der Waals surface area (Å²) in [4.78, 5) is 21.1. The van der Waals surface area contributed by atoms with Crippen molar-refractivity contribution in [1.82, 2.24) is 0 Å². The highest BCUT2D eigenvalue weighted by atomic mass is 16.4. The molecule has 1 atom stereocenters. The second-order valence-electron chi connectivity index (χ2n) is 5.58. The summed E-state index contributed by atoms with van der Waals surface area (Å²) >= 11 is 0. The number of hydrogen-bond donors (Lipinski definition) is 3. The highest BCUT2D eigenvalue weighted by molar-refractivity contribution is 5.82. The number of carbonyl (C=O) groups is 1. The lowest BCUT2D eigenvalue weighted by atomic mass is 10.1. The van der Waals surface area contributed by atoms with Crippen LogP contribution < -0.4 is 17.1 Å². The minimum absolute atomic E-state index is 0.337. The average molecular weight is 306 g/mol. The number of rotatable bonds is 3. The molecule has 0 fully saturated rings. The highest BCUT2D eigenvalue weighted by Crippen LogP contribution is 2.18. The fraction of sp³-hybridized carbons (Fsp3) is 0.375. The Balaban J connectivity index is 0.000000239. The lowest BCUT2D eigenvalue weighted by molar-refractivity contribution is -0.138. The van der Waals surface area contributed by atoms with Crippen molar-refractivity contribution < 1.29 is 14.3 Å². The van der Waals surface area contributed by atoms with Crippen molar-refractivity contribution in [1.29, 1.82) is 0 Å². The SMILES string of the molecule is CC(C)CC(N)C(=O)O.Cc1cc(=O)oc2cc(N)ccc12. The molecular weight excluding hydrogens is 284 g/mol. The Morgan fingerprint density at radius 1 is 1.32 bits per heavy atom. The second-order valence-corrected chi connectivity index (χ2v) is 5.58. The first kappa shape index (κ1) is 17.7. The van der Waals surface area contributed by atoms with Crippen LogP contribution in [0.2, 0.25) is 0 Å². The van der Waals surface area contributed by atoms with Gasteiger partial charge >= 0.3 is 11.6 Å². The van der Waals surface area contributed by atoms with E-state index in [4.69, 9.17) is 21.0 Å². The van der Waals surface area contributed by atoms with Gasteiger partial charge in [-0.15, -0.1) is 0 Å². The molecule has 0 aliphatic carbocycles. The van der Waals surface area contributed by atoms with Crippen LogP contribution in [-0.4, -0.2) is 17.1 Å². The summed E-state index contributed by atoms with van der Waals surface area (Å²) in [6.45, 7) is 5.76. The minimum atomic E-state index is -0.913. The van der Waals surface area contributed by atoms with E-state index in [0.29, 0.717) is 23.6 Å². The van der Waals surface area contributed by atoms with E-state index in [9.17, 15) is 9.59 Å². The molecule has 2 rings (SSSR count). The van der Waals surface area contributed by atoms with Crippen molar-refractivity contribution in [3.63, 3.8) is 0 Å². The number of hydrogen-bond acceptors (Lipinski definition) is 5. The fourth-order valence-electron chi connectivity index (χ4n) is 1.95. The molecular formula is C16H22N2O4. The van der Waals surface area contributed by atoms with E-state index >= 15 is 0 Å². The first-order valence-electron chi connectivity index (χ1n) is 6.99. The summed E-state index contributed by atoms with van der Waals surface area (Å²) in [7, 11) is 0. The molecule has 6 heteroatoms. The summed E-state index contributed by atoms with van der Waals surface area (Å²) in [6, 6.07) is 6.07. The van der Waals surface area contributed by atoms with Crippen LogP contribution in [-0.2, 0) is 4.79 Å². The van der Waals surface area contributed by atoms with E-state index in [1.54, 1.807) is 12.1 Å². The lowest BCUT2D eigenvalue weighted by Crippen LogP contribution is -2.31. The normalized spacial score (nSPS) is 11.9. The Kier molecular flexibility index (Phi) is 6.12. The standard InChI is InChI=1S/C10H9NO2.C6H13NO2/c1-6-4-10(12)13-9-5-7(11)2-3-8(6)9;1-4(2)3-5(7)6(8)9/h2-5H,11H2,1H3;4-5H,3,7H2,1-2H3,(H,8,9). The number of carboxylic acids is 1. The highest BCUT2D eigenvalue weighted by Gasteiger charge is 2.11. The Bertz CT molecular complexity index is 707. The molecule has 1 unspecified atom stereocenters. The topological polar surface area (TPSA) is 120 Å². The Hall–Kier alpha value is -2.34. The van der Waals surface area contributed by atoms with Crippen LogP contribution in [0.15, 0.2) is 33.5 Å². The van der Waals surface area contributed by atoms with Crippen LogP contribution in [0.5, 0.6) is 0 Å². The molecule has 0 aliphatic rings. The summed E-state index contributed by atoms with van der Waals surface area (Å²) < 4.78 is 4.99. The third-order valence-corrected chi connectivity index (χ3v) is 3.02. The average Bonchev–Trinajstić information content (AvgIpc) is 2.37. The molecule has 5 N–H and O–H groups in total. The van der Waals surface area contributed by atoms with E-state index in [1.807, 2.05) is 26.8 Å². The predicted octanol–water partition coefficient (Wildman–Crippen LogP) is 2.13. The van der Waals surface area contributed by atoms with Crippen molar-refractivity contribution in [3.8, 4) is 0 Å². The Morgan fingerprint density at radius 3 is 2.45 bits per heavy atom. The fourth-order valence-corrected chi connectivity index (χ4v) is 1.95. The van der Waals surface area contributed by atoms with Crippen molar-refractivity contribution in [2.45, 2.75) is 33.2 Å². The van der Waals surface area contributed by atoms with Gasteiger partial charge in [-0.25, -0.2) is 4.79 Å². The number of aryl methyl sites for hydroxylation is 1. The molecule has 0 spiro atoms. The van der Waals surface area contributed by atoms with Crippen LogP contribution in [0.4, 0.5) is 5.69 Å². The van der Waals surface area contributed by atoms with Crippen LogP contribution in [0.3, 0.4) is 0 Å². The van der Waals surface area contributed by atoms with Crippen LogP contribution in [0.1, 0.15) is 25.8 Å². The van der Waals surface area contributed by atoms with Gasteiger partial charge in [-0.05, 0) is 37.0 Å². The first-order valence-corrected chi connectivity index (χ1v) is 6.99. The molecule has 1 aromatic carbocycles. The van der Waals surface area contributed by atoms with Gasteiger partial charge in [0, 0.05) is 23.2 Å². The zero-order valence-electron chi connectivity index (χ0n) is 13.0. The number of anilines is 1. The van der Waals surface area contributed by atoms with Crippen molar-refractivity contribution in [2.75, 3.05) is 5.73 Å². The predicted molar refractivity (Wildman–Crippen MR) is 86.7 cm³/mol. The van der Waals surface area contributed by atoms with Crippen molar-refractivity contribution in [2.24, 2.45) is 11.7 Å². The Morgan fingerprint density at radius 2 is 1.95 bits per heavy atom. The van der Waals surface area contributed by atoms with E-state index in [2.05, 4.69) is 0 Å². The van der Waals surface area contributed by atoms with Gasteiger partial charge in [0.25, 0.3) is 0 Å². The molecule has 22 heavy (non-hydrogen) atoms. The molecule has 0 amide bonds. The number of nitrogens with two attached hydrogens (primary N) is 2. The zero-order valence-corrected chi connectivity index (χ0v) is 13.0. The van der Waals surface area contributed by atoms with Gasteiger partial charge in [-0.1, -0.05) is 13.8 Å². The van der Waals surface area contributed by atoms with Gasteiger partial charge in [0.1, 0.15) is 11.6 Å².